The minimum Gasteiger partial charge on any atom is -0.385 e. The summed E-state index contributed by atoms with van der Waals surface area (Å²) in [6, 6.07) is 0. The van der Waals surface area contributed by atoms with Gasteiger partial charge in [-0.3, -0.25) is 0 Å². The van der Waals surface area contributed by atoms with Gasteiger partial charge in [0, 0.05) is 27.4 Å². The molecule has 3 heteroatoms. The van der Waals surface area contributed by atoms with Crippen LogP contribution in [0.5, 0.6) is 0 Å². The Labute approximate surface area is 94.5 Å². The van der Waals surface area contributed by atoms with E-state index in [-0.39, 0.29) is 0 Å². The van der Waals surface area contributed by atoms with Crippen molar-refractivity contribution >= 4 is 0 Å². The predicted octanol–water partition coefficient (Wildman–Crippen LogP) is 1.92. The van der Waals surface area contributed by atoms with E-state index in [4.69, 9.17) is 9.47 Å². The van der Waals surface area contributed by atoms with Crippen LogP contribution >= 0.6 is 0 Å². The molecule has 0 aliphatic heterocycles. The molecule has 92 valence electrons. The zero-order valence-corrected chi connectivity index (χ0v) is 10.7. The van der Waals surface area contributed by atoms with Crippen molar-refractivity contribution in [1.29, 1.82) is 0 Å². The number of methoxy groups -OCH3 is 2. The van der Waals surface area contributed by atoms with Gasteiger partial charge in [-0.15, -0.1) is 0 Å². The van der Waals surface area contributed by atoms with Crippen LogP contribution in [0.2, 0.25) is 0 Å². The summed E-state index contributed by atoms with van der Waals surface area (Å²) >= 11 is 0. The molecule has 0 radical (unpaired) electrons. The fourth-order valence-electron chi connectivity index (χ4n) is 1.62. The quantitative estimate of drug-likeness (QED) is 0.567. The van der Waals surface area contributed by atoms with E-state index in [1.54, 1.807) is 14.2 Å². The van der Waals surface area contributed by atoms with Crippen molar-refractivity contribution in [2.45, 2.75) is 26.7 Å². The smallest absolute Gasteiger partial charge is 0.0587 e. The van der Waals surface area contributed by atoms with Crippen LogP contribution in [0, 0.1) is 11.8 Å². The maximum atomic E-state index is 5.07. The third-order valence-corrected chi connectivity index (χ3v) is 2.76. The number of hydrogen-bond donors (Lipinski definition) is 1. The van der Waals surface area contributed by atoms with E-state index in [0.717, 1.165) is 44.6 Å². The monoisotopic (exact) mass is 217 g/mol. The first-order valence-electron chi connectivity index (χ1n) is 5.91. The highest BCUT2D eigenvalue weighted by Crippen LogP contribution is 2.16. The fraction of sp³-hybridized carbons (Fsp3) is 1.00. The van der Waals surface area contributed by atoms with Crippen molar-refractivity contribution in [3.63, 3.8) is 0 Å². The molecule has 0 aromatic rings. The van der Waals surface area contributed by atoms with Crippen LogP contribution < -0.4 is 5.32 Å². The van der Waals surface area contributed by atoms with Crippen LogP contribution in [0.25, 0.3) is 0 Å². The van der Waals surface area contributed by atoms with Crippen molar-refractivity contribution in [3.05, 3.63) is 0 Å². The van der Waals surface area contributed by atoms with E-state index in [1.807, 2.05) is 0 Å². The number of nitrogens with one attached hydrogen (secondary N) is 1. The molecule has 0 bridgehead atoms. The standard InChI is InChI=1S/C12H27NO2/c1-11(2)12(6-5-8-14-3)10-13-7-9-15-4/h11-13H,5-10H2,1-4H3. The summed E-state index contributed by atoms with van der Waals surface area (Å²) in [7, 11) is 3.50. The van der Waals surface area contributed by atoms with Crippen LogP contribution in [0.3, 0.4) is 0 Å². The Kier molecular flexibility index (Phi) is 10.3. The van der Waals surface area contributed by atoms with E-state index in [9.17, 15) is 0 Å². The Bertz CT molecular complexity index is 129. The molecule has 0 saturated heterocycles. The summed E-state index contributed by atoms with van der Waals surface area (Å²) in [5, 5.41) is 3.43. The minimum atomic E-state index is 0.733. The first-order valence-corrected chi connectivity index (χ1v) is 5.91. The lowest BCUT2D eigenvalue weighted by Gasteiger charge is -2.21. The van der Waals surface area contributed by atoms with Gasteiger partial charge in [-0.1, -0.05) is 13.8 Å². The lowest BCUT2D eigenvalue weighted by Crippen LogP contribution is -2.29. The molecule has 15 heavy (non-hydrogen) atoms. The Balaban J connectivity index is 3.54. The van der Waals surface area contributed by atoms with Crippen LogP contribution in [-0.4, -0.2) is 40.5 Å². The molecule has 0 amide bonds. The summed E-state index contributed by atoms with van der Waals surface area (Å²) in [4.78, 5) is 0. The molecule has 3 nitrogen and oxygen atoms in total. The van der Waals surface area contributed by atoms with Gasteiger partial charge in [0.2, 0.25) is 0 Å². The highest BCUT2D eigenvalue weighted by Gasteiger charge is 2.12. The van der Waals surface area contributed by atoms with Gasteiger partial charge < -0.3 is 14.8 Å². The Morgan fingerprint density at radius 3 is 2.27 bits per heavy atom. The van der Waals surface area contributed by atoms with Crippen molar-refractivity contribution in [3.8, 4) is 0 Å². The van der Waals surface area contributed by atoms with Gasteiger partial charge >= 0.3 is 0 Å². The molecular formula is C12H27NO2. The van der Waals surface area contributed by atoms with Gasteiger partial charge in [0.05, 0.1) is 6.61 Å². The SMILES string of the molecule is COCCCC(CNCCOC)C(C)C. The van der Waals surface area contributed by atoms with E-state index in [2.05, 4.69) is 19.2 Å². The largest absolute Gasteiger partial charge is 0.385 e. The van der Waals surface area contributed by atoms with Crippen molar-refractivity contribution < 1.29 is 9.47 Å². The van der Waals surface area contributed by atoms with Gasteiger partial charge in [-0.25, -0.2) is 0 Å². The predicted molar refractivity (Wildman–Crippen MR) is 64.2 cm³/mol. The second kappa shape index (κ2) is 10.4. The van der Waals surface area contributed by atoms with E-state index in [0.29, 0.717) is 0 Å². The zero-order chi connectivity index (χ0) is 11.5. The third kappa shape index (κ3) is 8.85. The molecule has 0 spiro atoms. The maximum absolute atomic E-state index is 5.07. The second-order valence-electron chi connectivity index (χ2n) is 4.34. The molecule has 0 aliphatic carbocycles. The average Bonchev–Trinajstić information content (AvgIpc) is 2.21. The van der Waals surface area contributed by atoms with Crippen LogP contribution in [0.1, 0.15) is 26.7 Å². The fourth-order valence-corrected chi connectivity index (χ4v) is 1.62. The van der Waals surface area contributed by atoms with E-state index in [1.165, 1.54) is 6.42 Å². The van der Waals surface area contributed by atoms with Crippen LogP contribution in [-0.2, 0) is 9.47 Å². The normalized spacial score (nSPS) is 13.4. The number of hydrogen-bond acceptors (Lipinski definition) is 3. The topological polar surface area (TPSA) is 30.5 Å². The number of rotatable bonds is 10. The molecule has 1 N–H and O–H groups in total. The molecule has 0 heterocycles. The minimum absolute atomic E-state index is 0.733. The summed E-state index contributed by atoms with van der Waals surface area (Å²) in [5.41, 5.74) is 0. The molecule has 0 aromatic heterocycles. The summed E-state index contributed by atoms with van der Waals surface area (Å²) in [5.74, 6) is 1.48. The second-order valence-corrected chi connectivity index (χ2v) is 4.34. The highest BCUT2D eigenvalue weighted by molar-refractivity contribution is 4.66. The molecule has 0 aliphatic rings. The first kappa shape index (κ1) is 14.9. The van der Waals surface area contributed by atoms with Gasteiger partial charge in [0.1, 0.15) is 0 Å². The summed E-state index contributed by atoms with van der Waals surface area (Å²) in [6.45, 7) is 8.28. The molecule has 1 atom stereocenters. The maximum Gasteiger partial charge on any atom is 0.0587 e. The Morgan fingerprint density at radius 1 is 1.07 bits per heavy atom. The highest BCUT2D eigenvalue weighted by atomic mass is 16.5. The van der Waals surface area contributed by atoms with Crippen molar-refractivity contribution in [2.24, 2.45) is 11.8 Å². The first-order chi connectivity index (χ1) is 7.22. The van der Waals surface area contributed by atoms with Gasteiger partial charge in [0.15, 0.2) is 0 Å². The molecule has 1 unspecified atom stereocenters. The molecular weight excluding hydrogens is 190 g/mol. The molecule has 0 saturated carbocycles. The van der Waals surface area contributed by atoms with Crippen molar-refractivity contribution in [1.82, 2.24) is 5.32 Å². The lowest BCUT2D eigenvalue weighted by atomic mass is 9.91. The third-order valence-electron chi connectivity index (χ3n) is 2.76. The van der Waals surface area contributed by atoms with Gasteiger partial charge in [-0.2, -0.15) is 0 Å². The average molecular weight is 217 g/mol. The van der Waals surface area contributed by atoms with E-state index >= 15 is 0 Å². The van der Waals surface area contributed by atoms with E-state index < -0.39 is 0 Å². The zero-order valence-electron chi connectivity index (χ0n) is 10.7. The lowest BCUT2D eigenvalue weighted by molar-refractivity contribution is 0.177. The van der Waals surface area contributed by atoms with Crippen LogP contribution in [0.15, 0.2) is 0 Å². The Morgan fingerprint density at radius 2 is 1.73 bits per heavy atom. The number of ether oxygens (including phenoxy) is 2. The van der Waals surface area contributed by atoms with Crippen LogP contribution in [0.4, 0.5) is 0 Å². The summed E-state index contributed by atoms with van der Waals surface area (Å²) in [6.07, 6.45) is 2.40. The van der Waals surface area contributed by atoms with Crippen molar-refractivity contribution in [2.75, 3.05) is 40.5 Å². The van der Waals surface area contributed by atoms with Gasteiger partial charge in [-0.05, 0) is 31.2 Å². The molecule has 0 fully saturated rings. The molecule has 0 rings (SSSR count). The van der Waals surface area contributed by atoms with Gasteiger partial charge in [0.25, 0.3) is 0 Å². The molecule has 0 aromatic carbocycles. The summed E-state index contributed by atoms with van der Waals surface area (Å²) < 4.78 is 10.1. The Hall–Kier alpha value is -0.120.